The molecule has 0 bridgehead atoms. The molecule has 1 fully saturated rings. The van der Waals surface area contributed by atoms with Gasteiger partial charge in [-0.2, -0.15) is 0 Å². The molecule has 0 aliphatic carbocycles. The average Bonchev–Trinajstić information content (AvgIpc) is 3.89. The number of aliphatic carboxylic acids is 1. The second-order valence-corrected chi connectivity index (χ2v) is 15.9. The number of carbonyl (C=O) groups is 7. The fraction of sp³-hybridized carbons (Fsp3) is 0.528. The van der Waals surface area contributed by atoms with Crippen molar-refractivity contribution in [3.05, 3.63) is 48.0 Å². The van der Waals surface area contributed by atoms with Crippen LogP contribution in [0.3, 0.4) is 0 Å². The van der Waals surface area contributed by atoms with E-state index < -0.39 is 91.4 Å². The molecule has 336 valence electrons. The van der Waals surface area contributed by atoms with E-state index in [1.54, 1.807) is 13.8 Å². The maximum atomic E-state index is 14.0. The predicted octanol–water partition coefficient (Wildman–Crippen LogP) is -3.02. The van der Waals surface area contributed by atoms with Crippen molar-refractivity contribution in [3.63, 3.8) is 0 Å². The summed E-state index contributed by atoms with van der Waals surface area (Å²) in [5, 5.41) is 20.0. The van der Waals surface area contributed by atoms with Crippen LogP contribution in [0.2, 0.25) is 0 Å². The Bertz CT molecular complexity index is 1920. The molecule has 0 radical (unpaired) electrons. The Morgan fingerprint density at radius 3 is 2.10 bits per heavy atom. The van der Waals surface area contributed by atoms with Crippen LogP contribution in [0.5, 0.6) is 5.75 Å². The lowest BCUT2D eigenvalue weighted by Crippen LogP contribution is -2.60. The normalized spacial score (nSPS) is 16.3. The van der Waals surface area contributed by atoms with Crippen LogP contribution in [0.4, 0.5) is 0 Å². The number of guanidine groups is 1. The molecule has 6 amide bonds. The van der Waals surface area contributed by atoms with Gasteiger partial charge in [0.15, 0.2) is 5.96 Å². The molecular formula is C36H55N12O12P. The predicted molar refractivity (Wildman–Crippen MR) is 216 cm³/mol. The maximum absolute atomic E-state index is 14.0. The first-order valence-electron chi connectivity index (χ1n) is 19.3. The number of hydrogen-bond acceptors (Lipinski definition) is 12. The van der Waals surface area contributed by atoms with Crippen molar-refractivity contribution in [1.82, 2.24) is 36.1 Å². The number of amides is 6. The van der Waals surface area contributed by atoms with Gasteiger partial charge in [0.05, 0.1) is 12.4 Å². The minimum absolute atomic E-state index is 0.0398. The van der Waals surface area contributed by atoms with Gasteiger partial charge in [0.25, 0.3) is 0 Å². The van der Waals surface area contributed by atoms with E-state index in [9.17, 15) is 43.2 Å². The number of aromatic nitrogens is 2. The Kier molecular flexibility index (Phi) is 18.6. The number of imidazole rings is 1. The number of rotatable bonds is 24. The zero-order valence-corrected chi connectivity index (χ0v) is 34.6. The van der Waals surface area contributed by atoms with Gasteiger partial charge < -0.3 is 63.7 Å². The molecule has 25 heteroatoms. The Morgan fingerprint density at radius 1 is 0.918 bits per heavy atom. The number of likely N-dealkylation sites (tertiary alicyclic amines) is 1. The van der Waals surface area contributed by atoms with Gasteiger partial charge in [-0.15, -0.1) is 0 Å². The monoisotopic (exact) mass is 878 g/mol. The summed E-state index contributed by atoms with van der Waals surface area (Å²) in [6, 6.07) is -2.26. The van der Waals surface area contributed by atoms with Crippen LogP contribution >= 0.6 is 7.82 Å². The number of carboxylic acid groups (broad SMARTS) is 1. The quantitative estimate of drug-likeness (QED) is 0.0216. The van der Waals surface area contributed by atoms with Crippen molar-refractivity contribution in [2.24, 2.45) is 33.8 Å². The van der Waals surface area contributed by atoms with Crippen molar-refractivity contribution in [1.29, 1.82) is 0 Å². The van der Waals surface area contributed by atoms with Crippen LogP contribution in [0.15, 0.2) is 41.8 Å². The fourth-order valence-corrected chi connectivity index (χ4v) is 6.78. The molecule has 2 aromatic rings. The lowest BCUT2D eigenvalue weighted by Gasteiger charge is -2.31. The summed E-state index contributed by atoms with van der Waals surface area (Å²) in [5.41, 5.74) is 23.3. The Labute approximate surface area is 350 Å². The fourth-order valence-electron chi connectivity index (χ4n) is 6.38. The average molecular weight is 879 g/mol. The second-order valence-electron chi connectivity index (χ2n) is 14.7. The molecule has 1 aromatic carbocycles. The number of benzene rings is 1. The van der Waals surface area contributed by atoms with Crippen molar-refractivity contribution < 1.29 is 57.5 Å². The number of nitrogens with one attached hydrogen (secondary N) is 5. The first-order valence-corrected chi connectivity index (χ1v) is 20.8. The summed E-state index contributed by atoms with van der Waals surface area (Å²) in [4.78, 5) is 122. The van der Waals surface area contributed by atoms with E-state index in [-0.39, 0.29) is 69.7 Å². The van der Waals surface area contributed by atoms with Crippen LogP contribution in [0.25, 0.3) is 0 Å². The van der Waals surface area contributed by atoms with Crippen LogP contribution in [-0.4, -0.2) is 126 Å². The molecule has 3 rings (SSSR count). The standard InChI is InChI=1S/C36H55N12O12P/c1-19(2)29(34(54)48-14-4-6-27(48)35(55)56)47-32(52)25(11-12-28(38)49)45-33(53)26(16-21-17-41-18-43-21)46-31(51)24(5-3-13-42-36(39)40)44-30(50)23(37)15-20-7-9-22(10-8-20)60-61(57,58)59/h7-10,17-19,23-27,29H,3-6,11-16,37H2,1-2H3,(H2,38,49)(H,41,43)(H,44,50)(H,45,53)(H,46,51)(H,47,52)(H,55,56)(H4,39,40,42)(H2,57,58,59)/t23-,24-,25-,26-,27-,29-/m0/s1. The van der Waals surface area contributed by atoms with E-state index in [0.29, 0.717) is 17.7 Å². The molecule has 1 aliphatic rings. The number of phosphoric ester groups is 1. The van der Waals surface area contributed by atoms with Crippen LogP contribution in [0.1, 0.15) is 63.6 Å². The number of H-pyrrole nitrogens is 1. The molecule has 1 aliphatic heterocycles. The van der Waals surface area contributed by atoms with Gasteiger partial charge in [0, 0.05) is 37.8 Å². The van der Waals surface area contributed by atoms with E-state index in [0.717, 1.165) is 0 Å². The number of carbonyl (C=O) groups excluding carboxylic acids is 6. The SMILES string of the molecule is CC(C)[C@H](NC(=O)[C@H](CCC(N)=O)NC(=O)[C@H](Cc1cnc[nH]1)NC(=O)[C@H](CCCN=C(N)N)NC(=O)[C@@H](N)Cc1ccc(OP(=O)(O)O)cc1)C(=O)N1CCC[C@H]1C(=O)O. The molecule has 1 saturated heterocycles. The second kappa shape index (κ2) is 23.0. The number of phosphoric acid groups is 1. The summed E-state index contributed by atoms with van der Waals surface area (Å²) in [7, 11) is -4.80. The lowest BCUT2D eigenvalue weighted by molar-refractivity contribution is -0.150. The van der Waals surface area contributed by atoms with E-state index in [4.69, 9.17) is 32.7 Å². The van der Waals surface area contributed by atoms with Crippen LogP contribution in [0, 0.1) is 5.92 Å². The van der Waals surface area contributed by atoms with Crippen molar-refractivity contribution >= 4 is 55.2 Å². The Hall–Kier alpha value is -6.10. The van der Waals surface area contributed by atoms with E-state index in [1.165, 1.54) is 41.7 Å². The van der Waals surface area contributed by atoms with Gasteiger partial charge in [-0.3, -0.25) is 43.5 Å². The summed E-state index contributed by atoms with van der Waals surface area (Å²) < 4.78 is 15.7. The number of aliphatic imine (C=N–C) groups is 1. The molecule has 0 spiro atoms. The first-order chi connectivity index (χ1) is 28.6. The number of primary amides is 1. The summed E-state index contributed by atoms with van der Waals surface area (Å²) in [5.74, 6) is -6.85. The molecule has 61 heavy (non-hydrogen) atoms. The third kappa shape index (κ3) is 16.5. The number of aromatic amines is 1. The minimum atomic E-state index is -4.80. The molecule has 6 atom stereocenters. The Morgan fingerprint density at radius 2 is 1.52 bits per heavy atom. The Balaban J connectivity index is 1.84. The summed E-state index contributed by atoms with van der Waals surface area (Å²) in [6.45, 7) is 3.53. The third-order valence-corrected chi connectivity index (χ3v) is 9.94. The molecule has 24 nitrogen and oxygen atoms in total. The highest BCUT2D eigenvalue weighted by Gasteiger charge is 2.40. The largest absolute Gasteiger partial charge is 0.524 e. The van der Waals surface area contributed by atoms with Gasteiger partial charge >= 0.3 is 13.8 Å². The van der Waals surface area contributed by atoms with Crippen LogP contribution in [-0.2, 0) is 51.0 Å². The van der Waals surface area contributed by atoms with Crippen molar-refractivity contribution in [3.8, 4) is 5.75 Å². The topological polar surface area (TPSA) is 403 Å². The van der Waals surface area contributed by atoms with E-state index in [2.05, 4.69) is 40.8 Å². The molecule has 2 heterocycles. The molecule has 0 unspecified atom stereocenters. The highest BCUT2D eigenvalue weighted by Crippen LogP contribution is 2.37. The number of nitrogens with two attached hydrogens (primary N) is 4. The van der Waals surface area contributed by atoms with Crippen molar-refractivity contribution in [2.45, 2.75) is 101 Å². The van der Waals surface area contributed by atoms with Gasteiger partial charge in [-0.05, 0) is 62.1 Å². The first kappa shape index (κ1) is 49.3. The number of nitrogens with zero attached hydrogens (tertiary/aromatic N) is 3. The maximum Gasteiger partial charge on any atom is 0.524 e. The molecule has 16 N–H and O–H groups in total. The molecule has 1 aromatic heterocycles. The smallest absolute Gasteiger partial charge is 0.480 e. The zero-order valence-electron chi connectivity index (χ0n) is 33.7. The minimum Gasteiger partial charge on any atom is -0.480 e. The van der Waals surface area contributed by atoms with Gasteiger partial charge in [-0.25, -0.2) is 14.3 Å². The van der Waals surface area contributed by atoms with Crippen molar-refractivity contribution in [2.75, 3.05) is 13.1 Å². The third-order valence-electron chi connectivity index (χ3n) is 9.49. The van der Waals surface area contributed by atoms with Crippen LogP contribution < -0.4 is 48.7 Å². The zero-order chi connectivity index (χ0) is 45.4. The van der Waals surface area contributed by atoms with Gasteiger partial charge in [-0.1, -0.05) is 26.0 Å². The number of carboxylic acids is 1. The van der Waals surface area contributed by atoms with E-state index in [1.807, 2.05) is 0 Å². The van der Waals surface area contributed by atoms with E-state index >= 15 is 0 Å². The summed E-state index contributed by atoms with van der Waals surface area (Å²) in [6.07, 6.45) is 2.63. The highest BCUT2D eigenvalue weighted by molar-refractivity contribution is 7.46. The molecular weight excluding hydrogens is 823 g/mol. The summed E-state index contributed by atoms with van der Waals surface area (Å²) >= 11 is 0. The lowest BCUT2D eigenvalue weighted by atomic mass is 10.0. The molecule has 0 saturated carbocycles. The highest BCUT2D eigenvalue weighted by atomic mass is 31.2. The van der Waals surface area contributed by atoms with Gasteiger partial charge in [0.2, 0.25) is 35.4 Å². The van der Waals surface area contributed by atoms with Gasteiger partial charge in [0.1, 0.15) is 36.0 Å². The number of hydrogen-bond donors (Lipinski definition) is 12.